The van der Waals surface area contributed by atoms with Crippen molar-refractivity contribution < 1.29 is 14.6 Å². The van der Waals surface area contributed by atoms with Gasteiger partial charge in [0.2, 0.25) is 0 Å². The third kappa shape index (κ3) is 3.55. The maximum atomic E-state index is 11.7. The van der Waals surface area contributed by atoms with E-state index in [1.54, 1.807) is 11.3 Å². The van der Waals surface area contributed by atoms with E-state index in [9.17, 15) is 9.90 Å². The Balaban J connectivity index is 2.03. The van der Waals surface area contributed by atoms with E-state index in [0.29, 0.717) is 32.6 Å². The molecule has 1 fully saturated rings. The second-order valence-corrected chi connectivity index (χ2v) is 6.11. The second-order valence-electron chi connectivity index (χ2n) is 5.08. The Morgan fingerprint density at radius 1 is 1.53 bits per heavy atom. The van der Waals surface area contributed by atoms with Crippen LogP contribution in [0.25, 0.3) is 0 Å². The van der Waals surface area contributed by atoms with E-state index in [2.05, 4.69) is 23.3 Å². The summed E-state index contributed by atoms with van der Waals surface area (Å²) in [6, 6.07) is 4.14. The number of aliphatic carboxylic acids is 1. The van der Waals surface area contributed by atoms with Crippen LogP contribution < -0.4 is 0 Å². The van der Waals surface area contributed by atoms with Crippen molar-refractivity contribution in [3.8, 4) is 0 Å². The van der Waals surface area contributed by atoms with E-state index in [1.165, 1.54) is 4.88 Å². The van der Waals surface area contributed by atoms with Crippen molar-refractivity contribution in [3.63, 3.8) is 0 Å². The largest absolute Gasteiger partial charge is 0.481 e. The average molecular weight is 283 g/mol. The first-order valence-electron chi connectivity index (χ1n) is 6.72. The molecule has 19 heavy (non-hydrogen) atoms. The van der Waals surface area contributed by atoms with E-state index >= 15 is 0 Å². The number of carboxylic acid groups (broad SMARTS) is 1. The summed E-state index contributed by atoms with van der Waals surface area (Å²) in [7, 11) is 0. The molecule has 1 N–H and O–H groups in total. The molecule has 0 atom stereocenters. The molecule has 1 aromatic heterocycles. The number of hydrogen-bond donors (Lipinski definition) is 1. The van der Waals surface area contributed by atoms with Crippen LogP contribution in [-0.2, 0) is 16.1 Å². The summed E-state index contributed by atoms with van der Waals surface area (Å²) in [5, 5.41) is 11.6. The van der Waals surface area contributed by atoms with Crippen molar-refractivity contribution in [2.24, 2.45) is 5.41 Å². The monoisotopic (exact) mass is 283 g/mol. The highest BCUT2D eigenvalue weighted by Gasteiger charge is 2.41. The van der Waals surface area contributed by atoms with E-state index < -0.39 is 11.4 Å². The number of carbonyl (C=O) groups is 1. The molecule has 0 aliphatic carbocycles. The number of rotatable bonds is 6. The van der Waals surface area contributed by atoms with Crippen LogP contribution >= 0.6 is 11.3 Å². The first-order chi connectivity index (χ1) is 9.16. The van der Waals surface area contributed by atoms with Crippen molar-refractivity contribution >= 4 is 17.3 Å². The van der Waals surface area contributed by atoms with Gasteiger partial charge < -0.3 is 9.84 Å². The van der Waals surface area contributed by atoms with Gasteiger partial charge in [-0.2, -0.15) is 0 Å². The van der Waals surface area contributed by atoms with Gasteiger partial charge in [-0.1, -0.05) is 13.0 Å². The molecule has 0 saturated carbocycles. The summed E-state index contributed by atoms with van der Waals surface area (Å²) in [4.78, 5) is 15.2. The highest BCUT2D eigenvalue weighted by Crippen LogP contribution is 2.32. The summed E-state index contributed by atoms with van der Waals surface area (Å²) in [5.74, 6) is -0.680. The van der Waals surface area contributed by atoms with Gasteiger partial charge in [-0.05, 0) is 30.8 Å². The molecular weight excluding hydrogens is 262 g/mol. The minimum absolute atomic E-state index is 0.558. The zero-order valence-corrected chi connectivity index (χ0v) is 12.1. The zero-order valence-electron chi connectivity index (χ0n) is 11.3. The fourth-order valence-corrected chi connectivity index (χ4v) is 3.28. The Kier molecular flexibility index (Phi) is 4.96. The van der Waals surface area contributed by atoms with E-state index in [-0.39, 0.29) is 0 Å². The number of carboxylic acids is 1. The lowest BCUT2D eigenvalue weighted by atomic mass is 9.79. The molecule has 2 rings (SSSR count). The summed E-state index contributed by atoms with van der Waals surface area (Å²) in [5.41, 5.74) is -0.633. The van der Waals surface area contributed by atoms with Crippen LogP contribution in [0.5, 0.6) is 0 Å². The van der Waals surface area contributed by atoms with Crippen LogP contribution in [0.4, 0.5) is 0 Å². The molecule has 4 nitrogen and oxygen atoms in total. The molecule has 1 aliphatic heterocycles. The molecule has 5 heteroatoms. The molecular formula is C14H21NO3S. The van der Waals surface area contributed by atoms with E-state index in [0.717, 1.165) is 13.1 Å². The molecule has 0 unspecified atom stereocenters. The first-order valence-corrected chi connectivity index (χ1v) is 7.60. The second kappa shape index (κ2) is 6.50. The van der Waals surface area contributed by atoms with Crippen LogP contribution in [0, 0.1) is 5.41 Å². The van der Waals surface area contributed by atoms with Crippen molar-refractivity contribution in [1.82, 2.24) is 4.90 Å². The maximum absolute atomic E-state index is 11.7. The van der Waals surface area contributed by atoms with Crippen LogP contribution in [0.1, 0.15) is 24.6 Å². The topological polar surface area (TPSA) is 49.8 Å². The fraction of sp³-hybridized carbons (Fsp3) is 0.643. The number of hydrogen-bond acceptors (Lipinski definition) is 4. The van der Waals surface area contributed by atoms with Crippen molar-refractivity contribution in [3.05, 3.63) is 22.4 Å². The third-order valence-corrected chi connectivity index (χ3v) is 4.70. The normalized spacial score (nSPS) is 18.6. The molecule has 106 valence electrons. The van der Waals surface area contributed by atoms with Crippen LogP contribution in [0.2, 0.25) is 0 Å². The smallest absolute Gasteiger partial charge is 0.311 e. The zero-order chi connectivity index (χ0) is 13.7. The molecule has 0 bridgehead atoms. The van der Waals surface area contributed by atoms with Crippen molar-refractivity contribution in [2.45, 2.75) is 26.3 Å². The fourth-order valence-electron chi connectivity index (χ4n) is 2.53. The Morgan fingerprint density at radius 2 is 2.26 bits per heavy atom. The summed E-state index contributed by atoms with van der Waals surface area (Å²) in [6.07, 6.45) is 1.23. The maximum Gasteiger partial charge on any atom is 0.311 e. The summed E-state index contributed by atoms with van der Waals surface area (Å²) >= 11 is 1.72. The predicted octanol–water partition coefficient (Wildman–Crippen LogP) is 2.45. The molecule has 2 heterocycles. The Morgan fingerprint density at radius 3 is 2.79 bits per heavy atom. The SMILES string of the molecule is CCN(Cc1cccs1)CC1(C(=O)O)CCOCC1. The highest BCUT2D eigenvalue weighted by atomic mass is 32.1. The number of thiophene rings is 1. The van der Waals surface area contributed by atoms with Gasteiger partial charge in [-0.15, -0.1) is 11.3 Å². The standard InChI is InChI=1S/C14H21NO3S/c1-2-15(10-12-4-3-9-19-12)11-14(13(16)17)5-7-18-8-6-14/h3-4,9H,2,5-8,10-11H2,1H3,(H,16,17). The molecule has 1 aliphatic rings. The van der Waals surface area contributed by atoms with Crippen molar-refractivity contribution in [2.75, 3.05) is 26.3 Å². The van der Waals surface area contributed by atoms with Gasteiger partial charge in [0, 0.05) is 31.2 Å². The lowest BCUT2D eigenvalue weighted by Crippen LogP contribution is -2.46. The molecule has 0 aromatic carbocycles. The van der Waals surface area contributed by atoms with E-state index in [1.807, 2.05) is 6.07 Å². The Labute approximate surface area is 118 Å². The van der Waals surface area contributed by atoms with Crippen LogP contribution in [0.3, 0.4) is 0 Å². The van der Waals surface area contributed by atoms with Crippen molar-refractivity contribution in [1.29, 1.82) is 0 Å². The van der Waals surface area contributed by atoms with Gasteiger partial charge in [-0.3, -0.25) is 9.69 Å². The quantitative estimate of drug-likeness (QED) is 0.871. The van der Waals surface area contributed by atoms with Crippen LogP contribution in [0.15, 0.2) is 17.5 Å². The average Bonchev–Trinajstić information content (AvgIpc) is 2.92. The van der Waals surface area contributed by atoms with Gasteiger partial charge >= 0.3 is 5.97 Å². The lowest BCUT2D eigenvalue weighted by molar-refractivity contribution is -0.156. The minimum Gasteiger partial charge on any atom is -0.481 e. The van der Waals surface area contributed by atoms with Gasteiger partial charge in [0.25, 0.3) is 0 Å². The first kappa shape index (κ1) is 14.5. The molecule has 0 radical (unpaired) electrons. The van der Waals surface area contributed by atoms with Gasteiger partial charge in [0.15, 0.2) is 0 Å². The predicted molar refractivity (Wildman–Crippen MR) is 75.4 cm³/mol. The Hall–Kier alpha value is -0.910. The third-order valence-electron chi connectivity index (χ3n) is 3.84. The van der Waals surface area contributed by atoms with Gasteiger partial charge in [-0.25, -0.2) is 0 Å². The Bertz CT molecular complexity index is 399. The molecule has 0 spiro atoms. The summed E-state index contributed by atoms with van der Waals surface area (Å²) < 4.78 is 5.32. The molecule has 1 aromatic rings. The number of ether oxygens (including phenoxy) is 1. The summed E-state index contributed by atoms with van der Waals surface area (Å²) in [6.45, 7) is 5.52. The lowest BCUT2D eigenvalue weighted by Gasteiger charge is -2.37. The van der Waals surface area contributed by atoms with Crippen LogP contribution in [-0.4, -0.2) is 42.3 Å². The molecule has 0 amide bonds. The van der Waals surface area contributed by atoms with Gasteiger partial charge in [0.1, 0.15) is 0 Å². The highest BCUT2D eigenvalue weighted by molar-refractivity contribution is 7.09. The minimum atomic E-state index is -0.680. The number of nitrogens with zero attached hydrogens (tertiary/aromatic N) is 1. The molecule has 1 saturated heterocycles. The van der Waals surface area contributed by atoms with E-state index in [4.69, 9.17) is 4.74 Å². The van der Waals surface area contributed by atoms with Gasteiger partial charge in [0.05, 0.1) is 5.41 Å².